The van der Waals surface area contributed by atoms with Gasteiger partial charge in [0.1, 0.15) is 29.3 Å². The Kier molecular flexibility index (Phi) is 11.6. The number of carbonyl (C=O) groups excluding carboxylic acids is 5. The highest BCUT2D eigenvalue weighted by molar-refractivity contribution is 7.91. The van der Waals surface area contributed by atoms with Gasteiger partial charge in [-0.05, 0) is 88.5 Å². The van der Waals surface area contributed by atoms with Gasteiger partial charge in [0, 0.05) is 23.9 Å². The van der Waals surface area contributed by atoms with Gasteiger partial charge in [0.25, 0.3) is 5.91 Å². The second-order valence-electron chi connectivity index (χ2n) is 17.3. The molecule has 14 nitrogen and oxygen atoms in total. The van der Waals surface area contributed by atoms with Crippen LogP contribution < -0.4 is 15.4 Å². The molecular weight excluding hydrogens is 786 g/mol. The fourth-order valence-corrected chi connectivity index (χ4v) is 10.2. The van der Waals surface area contributed by atoms with E-state index >= 15 is 0 Å². The van der Waals surface area contributed by atoms with Crippen molar-refractivity contribution < 1.29 is 41.9 Å². The molecule has 5 unspecified atom stereocenters. The second-order valence-corrected chi connectivity index (χ2v) is 19.8. The Bertz CT molecular complexity index is 2090. The van der Waals surface area contributed by atoms with E-state index in [0.717, 1.165) is 29.5 Å². The largest absolute Gasteiger partial charge is 0.444 e. The molecule has 0 aromatic heterocycles. The average Bonchev–Trinajstić information content (AvgIpc) is 3.98. The highest BCUT2D eigenvalue weighted by Gasteiger charge is 2.64. The van der Waals surface area contributed by atoms with Gasteiger partial charge in [-0.1, -0.05) is 79.1 Å². The van der Waals surface area contributed by atoms with Crippen LogP contribution in [0.5, 0.6) is 0 Å². The van der Waals surface area contributed by atoms with Crippen LogP contribution in [0.2, 0.25) is 5.02 Å². The first-order valence-corrected chi connectivity index (χ1v) is 22.0. The molecule has 2 aliphatic carbocycles. The molecule has 3 aliphatic heterocycles. The Hall–Kier alpha value is -4.63. The molecule has 3 N–H and O–H groups in total. The standard InChI is InChI=1S/C42H52ClN5O9S/c1-40(2,3)57-38(52)44-33-18-11-6-4-5-10-16-29-23-42(29,37(51)46-58(54,55)41(19-20-41)22-27-13-8-7-9-14-27)45-35(49)34-21-30(25-48(34)36(33)50)56-39(53)47-24-28-15-12-17-32(43)31(28)26-47/h7-10,12-17,29-30,33-34H,4-6,11,18-26H2,1-3H3,(H,44,52)(H,45,49)(H,46,51)/b16-10-. The number of ether oxygens (including phenoxy) is 2. The summed E-state index contributed by atoms with van der Waals surface area (Å²) in [6, 6.07) is 12.4. The number of nitrogens with one attached hydrogen (secondary N) is 3. The summed E-state index contributed by atoms with van der Waals surface area (Å²) >= 11 is 6.39. The summed E-state index contributed by atoms with van der Waals surface area (Å²) < 4.78 is 40.4. The van der Waals surface area contributed by atoms with Crippen molar-refractivity contribution >= 4 is 51.5 Å². The Balaban J connectivity index is 1.13. The lowest BCUT2D eigenvalue weighted by Gasteiger charge is -2.30. The van der Waals surface area contributed by atoms with Crippen LogP contribution in [0.1, 0.15) is 95.2 Å². The van der Waals surface area contributed by atoms with E-state index in [4.69, 9.17) is 21.1 Å². The van der Waals surface area contributed by atoms with Crippen LogP contribution in [0.25, 0.3) is 0 Å². The maximum absolute atomic E-state index is 14.5. The molecule has 1 saturated heterocycles. The Morgan fingerprint density at radius 1 is 1.00 bits per heavy atom. The minimum atomic E-state index is -4.16. The van der Waals surface area contributed by atoms with E-state index in [1.54, 1.807) is 26.8 Å². The van der Waals surface area contributed by atoms with Gasteiger partial charge in [0.05, 0.1) is 17.8 Å². The van der Waals surface area contributed by atoms with Crippen molar-refractivity contribution in [3.8, 4) is 0 Å². The van der Waals surface area contributed by atoms with Gasteiger partial charge in [0.2, 0.25) is 21.8 Å². The van der Waals surface area contributed by atoms with E-state index in [1.807, 2.05) is 54.6 Å². The number of benzene rings is 2. The third-order valence-corrected chi connectivity index (χ3v) is 14.3. The fraction of sp³-hybridized carbons (Fsp3) is 0.548. The highest BCUT2D eigenvalue weighted by Crippen LogP contribution is 2.49. The van der Waals surface area contributed by atoms with Gasteiger partial charge < -0.3 is 25.0 Å². The van der Waals surface area contributed by atoms with Crippen LogP contribution >= 0.6 is 11.6 Å². The topological polar surface area (TPSA) is 181 Å². The molecule has 7 rings (SSSR count). The minimum Gasteiger partial charge on any atom is -0.444 e. The molecule has 0 spiro atoms. The molecule has 5 aliphatic rings. The van der Waals surface area contributed by atoms with Crippen LogP contribution in [-0.2, 0) is 53.4 Å². The van der Waals surface area contributed by atoms with Crippen molar-refractivity contribution in [1.82, 2.24) is 25.2 Å². The Morgan fingerprint density at radius 3 is 2.47 bits per heavy atom. The summed E-state index contributed by atoms with van der Waals surface area (Å²) in [6.07, 6.45) is 5.50. The Morgan fingerprint density at radius 2 is 1.76 bits per heavy atom. The van der Waals surface area contributed by atoms with Gasteiger partial charge in [-0.25, -0.2) is 18.0 Å². The molecule has 16 heteroatoms. The lowest BCUT2D eigenvalue weighted by molar-refractivity contribution is -0.141. The first-order valence-electron chi connectivity index (χ1n) is 20.1. The van der Waals surface area contributed by atoms with Crippen LogP contribution in [0, 0.1) is 5.92 Å². The monoisotopic (exact) mass is 837 g/mol. The third-order valence-electron chi connectivity index (χ3n) is 11.8. The molecule has 2 aromatic carbocycles. The first-order chi connectivity index (χ1) is 27.5. The molecule has 3 fully saturated rings. The predicted octanol–water partition coefficient (Wildman–Crippen LogP) is 5.27. The number of hydrogen-bond acceptors (Lipinski definition) is 9. The van der Waals surface area contributed by atoms with Gasteiger partial charge in [-0.15, -0.1) is 0 Å². The van der Waals surface area contributed by atoms with E-state index in [9.17, 15) is 32.4 Å². The van der Waals surface area contributed by atoms with Gasteiger partial charge in [-0.2, -0.15) is 0 Å². The minimum absolute atomic E-state index is 0.0965. The number of hydrogen-bond donors (Lipinski definition) is 3. The lowest BCUT2D eigenvalue weighted by Crippen LogP contribution is -2.59. The van der Waals surface area contributed by atoms with Crippen molar-refractivity contribution in [2.45, 2.75) is 132 Å². The van der Waals surface area contributed by atoms with E-state index in [-0.39, 0.29) is 45.3 Å². The predicted molar refractivity (Wildman–Crippen MR) is 215 cm³/mol. The maximum atomic E-state index is 14.5. The normalized spacial score (nSPS) is 27.4. The lowest BCUT2D eigenvalue weighted by atomic mass is 10.0. The number of alkyl carbamates (subject to hydrolysis) is 1. The Labute approximate surface area is 344 Å². The quantitative estimate of drug-likeness (QED) is 0.313. The second kappa shape index (κ2) is 16.2. The van der Waals surface area contributed by atoms with Crippen molar-refractivity contribution in [3.63, 3.8) is 0 Å². The SMILES string of the molecule is CC(C)(C)OC(=O)NC1CCCCC/C=C\C2CC2(C(=O)NS(=O)(=O)C2(Cc3ccccc3)CC2)NC(=O)C2CC(OC(=O)N3Cc4cccc(Cl)c4C3)CN2C1=O. The summed E-state index contributed by atoms with van der Waals surface area (Å²) in [6.45, 7) is 5.48. The summed E-state index contributed by atoms with van der Waals surface area (Å²) in [5, 5.41) is 6.11. The molecule has 58 heavy (non-hydrogen) atoms. The van der Waals surface area contributed by atoms with Crippen molar-refractivity contribution in [2.75, 3.05) is 6.54 Å². The highest BCUT2D eigenvalue weighted by atomic mass is 35.5. The van der Waals surface area contributed by atoms with E-state index in [1.165, 1.54) is 9.80 Å². The van der Waals surface area contributed by atoms with Crippen molar-refractivity contribution in [1.29, 1.82) is 0 Å². The number of sulfonamides is 1. The van der Waals surface area contributed by atoms with Crippen LogP contribution in [-0.4, -0.2) is 88.7 Å². The number of fused-ring (bicyclic) bond motifs is 3. The van der Waals surface area contributed by atoms with Gasteiger partial charge in [0.15, 0.2) is 0 Å². The van der Waals surface area contributed by atoms with Crippen LogP contribution in [0.3, 0.4) is 0 Å². The first kappa shape index (κ1) is 41.5. The number of rotatable bonds is 7. The number of nitrogens with zero attached hydrogens (tertiary/aromatic N) is 2. The van der Waals surface area contributed by atoms with Gasteiger partial charge >= 0.3 is 12.2 Å². The van der Waals surface area contributed by atoms with Crippen LogP contribution in [0.4, 0.5) is 9.59 Å². The smallest absolute Gasteiger partial charge is 0.410 e. The van der Waals surface area contributed by atoms with Gasteiger partial charge in [-0.3, -0.25) is 24.0 Å². The fourth-order valence-electron chi connectivity index (χ4n) is 8.31. The number of carbonyl (C=O) groups is 5. The molecule has 0 radical (unpaired) electrons. The number of amides is 5. The zero-order valence-corrected chi connectivity index (χ0v) is 34.7. The zero-order chi connectivity index (χ0) is 41.5. The third kappa shape index (κ3) is 9.00. The van der Waals surface area contributed by atoms with E-state index in [2.05, 4.69) is 15.4 Å². The summed E-state index contributed by atoms with van der Waals surface area (Å²) in [7, 11) is -4.16. The van der Waals surface area contributed by atoms with E-state index < -0.39 is 79.9 Å². The number of allylic oxidation sites excluding steroid dienone is 1. The molecule has 0 bridgehead atoms. The summed E-state index contributed by atoms with van der Waals surface area (Å²) in [5.41, 5.74) is 0.113. The zero-order valence-electron chi connectivity index (χ0n) is 33.1. The summed E-state index contributed by atoms with van der Waals surface area (Å²) in [5.74, 6) is -2.60. The molecule has 5 amide bonds. The molecule has 3 heterocycles. The molecule has 2 aromatic rings. The van der Waals surface area contributed by atoms with E-state index in [0.29, 0.717) is 30.7 Å². The molecule has 2 saturated carbocycles. The summed E-state index contributed by atoms with van der Waals surface area (Å²) in [4.78, 5) is 72.5. The molecule has 312 valence electrons. The van der Waals surface area contributed by atoms with Crippen LogP contribution in [0.15, 0.2) is 60.7 Å². The molecule has 5 atom stereocenters. The maximum Gasteiger partial charge on any atom is 0.410 e. The molecular formula is C42H52ClN5O9S. The number of halogens is 1. The average molecular weight is 838 g/mol. The van der Waals surface area contributed by atoms with Crippen molar-refractivity contribution in [3.05, 3.63) is 82.4 Å². The van der Waals surface area contributed by atoms with Crippen molar-refractivity contribution in [2.24, 2.45) is 5.92 Å².